The first-order valence-corrected chi connectivity index (χ1v) is 9.25. The number of nitrogens with one attached hydrogen (secondary N) is 1. The third kappa shape index (κ3) is 2.83. The highest BCUT2D eigenvalue weighted by Crippen LogP contribution is 2.34. The van der Waals surface area contributed by atoms with Crippen LogP contribution in [0.1, 0.15) is 30.0 Å². The SMILES string of the molecule is Cn1ncc2c(NC3CCCc4ccccc43)nc(-c3ccccn3)nc21. The van der Waals surface area contributed by atoms with Gasteiger partial charge in [0.2, 0.25) is 0 Å². The summed E-state index contributed by atoms with van der Waals surface area (Å²) < 4.78 is 1.78. The van der Waals surface area contributed by atoms with E-state index in [2.05, 4.69) is 44.6 Å². The molecule has 1 N–H and O–H groups in total. The predicted octanol–water partition coefficient (Wildman–Crippen LogP) is 3.91. The second kappa shape index (κ2) is 6.46. The fraction of sp³-hybridized carbons (Fsp3) is 0.238. The van der Waals surface area contributed by atoms with Crippen molar-refractivity contribution in [3.8, 4) is 11.5 Å². The molecule has 1 aromatic carbocycles. The summed E-state index contributed by atoms with van der Waals surface area (Å²) in [6.45, 7) is 0. The Morgan fingerprint density at radius 3 is 2.85 bits per heavy atom. The molecule has 1 aliphatic rings. The Hall–Kier alpha value is -3.28. The van der Waals surface area contributed by atoms with Gasteiger partial charge in [-0.3, -0.25) is 9.67 Å². The summed E-state index contributed by atoms with van der Waals surface area (Å²) in [4.78, 5) is 13.9. The molecule has 0 spiro atoms. The van der Waals surface area contributed by atoms with Gasteiger partial charge in [0, 0.05) is 13.2 Å². The number of benzene rings is 1. The molecule has 5 rings (SSSR count). The van der Waals surface area contributed by atoms with Crippen molar-refractivity contribution in [2.24, 2.45) is 7.05 Å². The smallest absolute Gasteiger partial charge is 0.182 e. The van der Waals surface area contributed by atoms with E-state index < -0.39 is 0 Å². The van der Waals surface area contributed by atoms with Crippen molar-refractivity contribution in [3.63, 3.8) is 0 Å². The fourth-order valence-corrected chi connectivity index (χ4v) is 3.81. The van der Waals surface area contributed by atoms with Crippen LogP contribution in [0.15, 0.2) is 54.9 Å². The van der Waals surface area contributed by atoms with Crippen molar-refractivity contribution >= 4 is 16.9 Å². The average Bonchev–Trinajstić information content (AvgIpc) is 3.10. The van der Waals surface area contributed by atoms with Crippen LogP contribution in [0, 0.1) is 0 Å². The van der Waals surface area contributed by atoms with E-state index in [1.54, 1.807) is 10.9 Å². The number of hydrogen-bond acceptors (Lipinski definition) is 5. The van der Waals surface area contributed by atoms with Crippen molar-refractivity contribution in [1.82, 2.24) is 24.7 Å². The number of nitrogens with zero attached hydrogens (tertiary/aromatic N) is 5. The van der Waals surface area contributed by atoms with Crippen LogP contribution in [0.3, 0.4) is 0 Å². The maximum absolute atomic E-state index is 4.81. The van der Waals surface area contributed by atoms with Gasteiger partial charge in [-0.05, 0) is 42.5 Å². The molecule has 0 aliphatic heterocycles. The van der Waals surface area contributed by atoms with Crippen LogP contribution >= 0.6 is 0 Å². The van der Waals surface area contributed by atoms with Crippen molar-refractivity contribution < 1.29 is 0 Å². The Morgan fingerprint density at radius 2 is 1.96 bits per heavy atom. The summed E-state index contributed by atoms with van der Waals surface area (Å²) in [6.07, 6.45) is 6.98. The lowest BCUT2D eigenvalue weighted by Crippen LogP contribution is -2.18. The molecule has 6 nitrogen and oxygen atoms in total. The number of anilines is 1. The average molecular weight is 356 g/mol. The zero-order valence-corrected chi connectivity index (χ0v) is 15.1. The predicted molar refractivity (Wildman–Crippen MR) is 105 cm³/mol. The fourth-order valence-electron chi connectivity index (χ4n) is 3.81. The molecule has 4 aromatic rings. The number of pyridine rings is 1. The molecule has 0 radical (unpaired) electrons. The van der Waals surface area contributed by atoms with Crippen molar-refractivity contribution in [3.05, 3.63) is 66.0 Å². The zero-order valence-electron chi connectivity index (χ0n) is 15.1. The number of fused-ring (bicyclic) bond motifs is 2. The largest absolute Gasteiger partial charge is 0.363 e. The standard InChI is InChI=1S/C21H20N6/c1-27-21-16(13-23-27)19(25-20(26-21)18-10-4-5-12-22-18)24-17-11-6-8-14-7-2-3-9-15(14)17/h2-5,7,9-10,12-13,17H,6,8,11H2,1H3,(H,24,25,26). The molecule has 134 valence electrons. The van der Waals surface area contributed by atoms with Crippen LogP contribution in [0.2, 0.25) is 0 Å². The summed E-state index contributed by atoms with van der Waals surface area (Å²) in [5.41, 5.74) is 4.34. The minimum atomic E-state index is 0.241. The number of aromatic nitrogens is 5. The molecule has 0 saturated carbocycles. The van der Waals surface area contributed by atoms with Gasteiger partial charge in [-0.25, -0.2) is 9.97 Å². The van der Waals surface area contributed by atoms with Gasteiger partial charge in [0.1, 0.15) is 11.5 Å². The van der Waals surface area contributed by atoms with Crippen LogP contribution in [0.25, 0.3) is 22.6 Å². The van der Waals surface area contributed by atoms with Gasteiger partial charge in [-0.15, -0.1) is 0 Å². The van der Waals surface area contributed by atoms with Gasteiger partial charge < -0.3 is 5.32 Å². The number of hydrogen-bond donors (Lipinski definition) is 1. The van der Waals surface area contributed by atoms with E-state index >= 15 is 0 Å². The molecule has 3 aromatic heterocycles. The number of rotatable bonds is 3. The minimum Gasteiger partial charge on any atom is -0.363 e. The molecule has 0 bridgehead atoms. The van der Waals surface area contributed by atoms with Crippen LogP contribution in [0.5, 0.6) is 0 Å². The van der Waals surface area contributed by atoms with Crippen LogP contribution < -0.4 is 5.32 Å². The van der Waals surface area contributed by atoms with E-state index in [1.165, 1.54) is 17.5 Å². The van der Waals surface area contributed by atoms with Gasteiger partial charge in [0.25, 0.3) is 0 Å². The second-order valence-corrected chi connectivity index (χ2v) is 6.90. The summed E-state index contributed by atoms with van der Waals surface area (Å²) in [5.74, 6) is 1.42. The lowest BCUT2D eigenvalue weighted by molar-refractivity contribution is 0.599. The molecule has 3 heterocycles. The lowest BCUT2D eigenvalue weighted by atomic mass is 9.88. The molecule has 1 aliphatic carbocycles. The Bertz CT molecular complexity index is 1100. The third-order valence-electron chi connectivity index (χ3n) is 5.17. The third-order valence-corrected chi connectivity index (χ3v) is 5.17. The molecular formula is C21H20N6. The molecule has 0 amide bonds. The van der Waals surface area contributed by atoms with E-state index in [0.717, 1.165) is 35.4 Å². The van der Waals surface area contributed by atoms with E-state index in [4.69, 9.17) is 4.98 Å². The molecule has 0 saturated heterocycles. The first kappa shape index (κ1) is 15.9. The maximum Gasteiger partial charge on any atom is 0.182 e. The second-order valence-electron chi connectivity index (χ2n) is 6.90. The summed E-state index contributed by atoms with van der Waals surface area (Å²) in [7, 11) is 1.90. The summed E-state index contributed by atoms with van der Waals surface area (Å²) in [6, 6.07) is 14.7. The van der Waals surface area contributed by atoms with Gasteiger partial charge in [0.05, 0.1) is 17.6 Å². The highest BCUT2D eigenvalue weighted by atomic mass is 15.3. The topological polar surface area (TPSA) is 68.5 Å². The van der Waals surface area contributed by atoms with E-state index in [9.17, 15) is 0 Å². The minimum absolute atomic E-state index is 0.241. The molecular weight excluding hydrogens is 336 g/mol. The molecule has 6 heteroatoms. The highest BCUT2D eigenvalue weighted by molar-refractivity contribution is 5.88. The summed E-state index contributed by atoms with van der Waals surface area (Å²) >= 11 is 0. The van der Waals surface area contributed by atoms with E-state index in [1.807, 2.05) is 31.4 Å². The monoisotopic (exact) mass is 356 g/mol. The maximum atomic E-state index is 4.81. The van der Waals surface area contributed by atoms with Gasteiger partial charge in [0.15, 0.2) is 11.5 Å². The van der Waals surface area contributed by atoms with Gasteiger partial charge in [-0.1, -0.05) is 30.3 Å². The van der Waals surface area contributed by atoms with Crippen molar-refractivity contribution in [2.75, 3.05) is 5.32 Å². The lowest BCUT2D eigenvalue weighted by Gasteiger charge is -2.27. The van der Waals surface area contributed by atoms with E-state index in [-0.39, 0.29) is 6.04 Å². The molecule has 1 atom stereocenters. The van der Waals surface area contributed by atoms with Crippen LogP contribution in [-0.2, 0) is 13.5 Å². The van der Waals surface area contributed by atoms with Crippen molar-refractivity contribution in [2.45, 2.75) is 25.3 Å². The van der Waals surface area contributed by atoms with Crippen molar-refractivity contribution in [1.29, 1.82) is 0 Å². The molecule has 27 heavy (non-hydrogen) atoms. The highest BCUT2D eigenvalue weighted by Gasteiger charge is 2.22. The first-order valence-electron chi connectivity index (χ1n) is 9.25. The number of aryl methyl sites for hydroxylation is 2. The van der Waals surface area contributed by atoms with E-state index in [0.29, 0.717) is 5.82 Å². The first-order chi connectivity index (χ1) is 13.3. The Labute approximate surface area is 157 Å². The Morgan fingerprint density at radius 1 is 1.07 bits per heavy atom. The molecule has 1 unspecified atom stereocenters. The normalized spacial score (nSPS) is 16.3. The molecule has 0 fully saturated rings. The summed E-state index contributed by atoms with van der Waals surface area (Å²) in [5, 5.41) is 8.98. The zero-order chi connectivity index (χ0) is 18.2. The van der Waals surface area contributed by atoms with Crippen LogP contribution in [0.4, 0.5) is 5.82 Å². The Kier molecular flexibility index (Phi) is 3.81. The van der Waals surface area contributed by atoms with Gasteiger partial charge >= 0.3 is 0 Å². The quantitative estimate of drug-likeness (QED) is 0.603. The van der Waals surface area contributed by atoms with Crippen LogP contribution in [-0.4, -0.2) is 24.7 Å². The Balaban J connectivity index is 1.61. The van der Waals surface area contributed by atoms with Gasteiger partial charge in [-0.2, -0.15) is 5.10 Å².